The van der Waals surface area contributed by atoms with Crippen molar-refractivity contribution in [3.63, 3.8) is 0 Å². The molecular weight excluding hydrogens is 265 g/mol. The molecule has 1 aromatic heterocycles. The van der Waals surface area contributed by atoms with Crippen LogP contribution in [0.4, 0.5) is 5.69 Å². The SMILES string of the molecule is CSCCC(C)N(C)c1cc(Cl)nnc1Cl. The lowest BCUT2D eigenvalue weighted by atomic mass is 10.2. The van der Waals surface area contributed by atoms with Gasteiger partial charge in [0.2, 0.25) is 0 Å². The minimum absolute atomic E-state index is 0.364. The van der Waals surface area contributed by atoms with Crippen LogP contribution in [0.1, 0.15) is 13.3 Å². The van der Waals surface area contributed by atoms with Crippen LogP contribution in [0.5, 0.6) is 0 Å². The summed E-state index contributed by atoms with van der Waals surface area (Å²) in [5.41, 5.74) is 0.829. The van der Waals surface area contributed by atoms with Crippen LogP contribution >= 0.6 is 35.0 Å². The Morgan fingerprint density at radius 1 is 1.44 bits per heavy atom. The molecule has 1 atom stereocenters. The van der Waals surface area contributed by atoms with Gasteiger partial charge in [0.15, 0.2) is 10.3 Å². The van der Waals surface area contributed by atoms with Gasteiger partial charge in [-0.25, -0.2) is 0 Å². The highest BCUT2D eigenvalue weighted by Gasteiger charge is 2.14. The van der Waals surface area contributed by atoms with Gasteiger partial charge in [0.1, 0.15) is 0 Å². The fourth-order valence-electron chi connectivity index (χ4n) is 1.31. The van der Waals surface area contributed by atoms with Crippen molar-refractivity contribution < 1.29 is 0 Å². The summed E-state index contributed by atoms with van der Waals surface area (Å²) in [6, 6.07) is 2.14. The Morgan fingerprint density at radius 2 is 2.12 bits per heavy atom. The molecule has 0 amide bonds. The second-order valence-corrected chi connectivity index (χ2v) is 5.32. The highest BCUT2D eigenvalue weighted by atomic mass is 35.5. The van der Waals surface area contributed by atoms with Crippen molar-refractivity contribution in [1.82, 2.24) is 10.2 Å². The van der Waals surface area contributed by atoms with Gasteiger partial charge in [-0.05, 0) is 25.4 Å². The molecule has 0 aromatic carbocycles. The van der Waals surface area contributed by atoms with Crippen molar-refractivity contribution in [3.8, 4) is 0 Å². The molecule has 0 fully saturated rings. The van der Waals surface area contributed by atoms with Crippen LogP contribution in [0.15, 0.2) is 6.07 Å². The molecule has 16 heavy (non-hydrogen) atoms. The Morgan fingerprint density at radius 3 is 2.75 bits per heavy atom. The molecule has 0 saturated carbocycles. The Bertz CT molecular complexity index is 349. The zero-order valence-corrected chi connectivity index (χ0v) is 11.9. The maximum atomic E-state index is 5.99. The Hall–Kier alpha value is -0.190. The maximum absolute atomic E-state index is 5.99. The summed E-state index contributed by atoms with van der Waals surface area (Å²) in [4.78, 5) is 2.08. The van der Waals surface area contributed by atoms with E-state index < -0.39 is 0 Å². The van der Waals surface area contributed by atoms with Crippen LogP contribution in [-0.4, -0.2) is 35.3 Å². The third-order valence-electron chi connectivity index (χ3n) is 2.48. The van der Waals surface area contributed by atoms with Crippen molar-refractivity contribution in [2.45, 2.75) is 19.4 Å². The van der Waals surface area contributed by atoms with Crippen molar-refractivity contribution in [1.29, 1.82) is 0 Å². The van der Waals surface area contributed by atoms with Crippen LogP contribution in [0.2, 0.25) is 10.3 Å². The first-order valence-electron chi connectivity index (χ1n) is 4.96. The summed E-state index contributed by atoms with van der Waals surface area (Å²) in [5.74, 6) is 1.12. The number of thioether (sulfide) groups is 1. The lowest BCUT2D eigenvalue weighted by Gasteiger charge is -2.27. The molecule has 1 heterocycles. The number of anilines is 1. The zero-order chi connectivity index (χ0) is 12.1. The van der Waals surface area contributed by atoms with E-state index in [9.17, 15) is 0 Å². The maximum Gasteiger partial charge on any atom is 0.175 e. The van der Waals surface area contributed by atoms with E-state index in [0.717, 1.165) is 17.9 Å². The zero-order valence-electron chi connectivity index (χ0n) is 9.57. The number of nitrogens with zero attached hydrogens (tertiary/aromatic N) is 3. The molecular formula is C10H15Cl2N3S. The van der Waals surface area contributed by atoms with Gasteiger partial charge in [-0.15, -0.1) is 10.2 Å². The van der Waals surface area contributed by atoms with Crippen molar-refractivity contribution in [2.75, 3.05) is 24.0 Å². The van der Waals surface area contributed by atoms with Gasteiger partial charge in [-0.3, -0.25) is 0 Å². The largest absolute Gasteiger partial charge is 0.369 e. The van der Waals surface area contributed by atoms with Gasteiger partial charge in [-0.1, -0.05) is 23.2 Å². The fraction of sp³-hybridized carbons (Fsp3) is 0.600. The first-order chi connectivity index (χ1) is 7.56. The Balaban J connectivity index is 2.78. The lowest BCUT2D eigenvalue weighted by molar-refractivity contribution is 0.667. The summed E-state index contributed by atoms with van der Waals surface area (Å²) >= 11 is 13.6. The molecule has 0 bridgehead atoms. The molecule has 1 unspecified atom stereocenters. The van der Waals surface area contributed by atoms with Crippen LogP contribution < -0.4 is 4.90 Å². The fourth-order valence-corrected chi connectivity index (χ4v) is 2.25. The summed E-state index contributed by atoms with van der Waals surface area (Å²) < 4.78 is 0. The quantitative estimate of drug-likeness (QED) is 0.827. The topological polar surface area (TPSA) is 29.0 Å². The second-order valence-electron chi connectivity index (χ2n) is 3.58. The molecule has 6 heteroatoms. The molecule has 0 aliphatic heterocycles. The third kappa shape index (κ3) is 3.68. The van der Waals surface area contributed by atoms with E-state index >= 15 is 0 Å². The first-order valence-corrected chi connectivity index (χ1v) is 7.11. The van der Waals surface area contributed by atoms with Gasteiger partial charge in [0, 0.05) is 19.2 Å². The summed E-state index contributed by atoms with van der Waals surface area (Å²) in [7, 11) is 1.99. The number of aromatic nitrogens is 2. The van der Waals surface area contributed by atoms with Gasteiger partial charge < -0.3 is 4.90 Å². The normalized spacial score (nSPS) is 12.6. The number of hydrogen-bond donors (Lipinski definition) is 0. The van der Waals surface area contributed by atoms with Crippen LogP contribution in [-0.2, 0) is 0 Å². The van der Waals surface area contributed by atoms with Crippen LogP contribution in [0.25, 0.3) is 0 Å². The van der Waals surface area contributed by atoms with Gasteiger partial charge in [0.05, 0.1) is 5.69 Å². The minimum atomic E-state index is 0.364. The number of hydrogen-bond acceptors (Lipinski definition) is 4. The van der Waals surface area contributed by atoms with Gasteiger partial charge in [-0.2, -0.15) is 11.8 Å². The van der Waals surface area contributed by atoms with E-state index in [1.807, 2.05) is 18.8 Å². The number of halogens is 2. The highest BCUT2D eigenvalue weighted by molar-refractivity contribution is 7.98. The second kappa shape index (κ2) is 6.52. The standard InChI is InChI=1S/C10H15Cl2N3S/c1-7(4-5-16-3)15(2)8-6-9(11)13-14-10(8)12/h6-7H,4-5H2,1-3H3. The Labute approximate surface area is 111 Å². The molecule has 0 N–H and O–H groups in total. The summed E-state index contributed by atoms with van der Waals surface area (Å²) in [6.45, 7) is 2.15. The molecule has 3 nitrogen and oxygen atoms in total. The van der Waals surface area contributed by atoms with E-state index in [4.69, 9.17) is 23.2 Å². The van der Waals surface area contributed by atoms with Crippen molar-refractivity contribution >= 4 is 40.7 Å². The predicted octanol–water partition coefficient (Wildman–Crippen LogP) is 3.36. The average Bonchev–Trinajstić information content (AvgIpc) is 2.28. The monoisotopic (exact) mass is 279 g/mol. The first kappa shape index (κ1) is 13.9. The average molecular weight is 280 g/mol. The van der Waals surface area contributed by atoms with Crippen LogP contribution in [0, 0.1) is 0 Å². The Kier molecular flexibility index (Phi) is 5.66. The molecule has 1 rings (SSSR count). The van der Waals surface area contributed by atoms with Crippen molar-refractivity contribution in [3.05, 3.63) is 16.4 Å². The van der Waals surface area contributed by atoms with Gasteiger partial charge >= 0.3 is 0 Å². The molecule has 0 spiro atoms. The molecule has 0 radical (unpaired) electrons. The van der Waals surface area contributed by atoms with Gasteiger partial charge in [0.25, 0.3) is 0 Å². The molecule has 90 valence electrons. The predicted molar refractivity (Wildman–Crippen MR) is 72.9 cm³/mol. The van der Waals surface area contributed by atoms with Crippen molar-refractivity contribution in [2.24, 2.45) is 0 Å². The highest BCUT2D eigenvalue weighted by Crippen LogP contribution is 2.26. The minimum Gasteiger partial charge on any atom is -0.369 e. The molecule has 0 aliphatic rings. The third-order valence-corrected chi connectivity index (χ3v) is 3.58. The van der Waals surface area contributed by atoms with E-state index in [0.29, 0.717) is 16.3 Å². The summed E-state index contributed by atoms with van der Waals surface area (Å²) in [5, 5.41) is 8.25. The molecule has 0 aliphatic carbocycles. The van der Waals surface area contributed by atoms with Crippen LogP contribution in [0.3, 0.4) is 0 Å². The summed E-state index contributed by atoms with van der Waals surface area (Å²) in [6.07, 6.45) is 3.19. The lowest BCUT2D eigenvalue weighted by Crippen LogP contribution is -2.29. The molecule has 1 aromatic rings. The van der Waals surface area contributed by atoms with E-state index in [2.05, 4.69) is 28.3 Å². The molecule has 0 saturated heterocycles. The smallest absolute Gasteiger partial charge is 0.175 e. The van der Waals surface area contributed by atoms with E-state index in [-0.39, 0.29) is 0 Å². The number of rotatable bonds is 5. The van der Waals surface area contributed by atoms with E-state index in [1.54, 1.807) is 6.07 Å². The van der Waals surface area contributed by atoms with E-state index in [1.165, 1.54) is 0 Å².